The van der Waals surface area contributed by atoms with Crippen LogP contribution in [0.2, 0.25) is 0 Å². The Morgan fingerprint density at radius 3 is 2.93 bits per heavy atom. The van der Waals surface area contributed by atoms with Crippen molar-refractivity contribution in [3.05, 3.63) is 24.3 Å². The number of rotatable bonds is 1. The van der Waals surface area contributed by atoms with E-state index in [1.807, 2.05) is 6.08 Å². The first kappa shape index (κ1) is 10.5. The molecule has 1 spiro atoms. The highest BCUT2D eigenvalue weighted by molar-refractivity contribution is 5.76. The Kier molecular flexibility index (Phi) is 2.45. The molecular weight excluding hydrogens is 188 g/mol. The van der Waals surface area contributed by atoms with Gasteiger partial charge < -0.3 is 5.11 Å². The fraction of sp³-hybridized carbons (Fsp3) is 0.615. The fourth-order valence-electron chi connectivity index (χ4n) is 3.42. The third-order valence-corrected chi connectivity index (χ3v) is 4.28. The highest BCUT2D eigenvalue weighted by Crippen LogP contribution is 2.55. The minimum absolute atomic E-state index is 0.0440. The molecule has 0 amide bonds. The van der Waals surface area contributed by atoms with Gasteiger partial charge in [0.2, 0.25) is 0 Å². The SMILES string of the molecule is C=C1C=CCC2(CCCC2C)C1C(=O)O. The summed E-state index contributed by atoms with van der Waals surface area (Å²) in [5.74, 6) is -0.557. The van der Waals surface area contributed by atoms with Crippen molar-refractivity contribution in [3.63, 3.8) is 0 Å². The van der Waals surface area contributed by atoms with Gasteiger partial charge in [-0.25, -0.2) is 0 Å². The largest absolute Gasteiger partial charge is 0.481 e. The number of allylic oxidation sites excluding steroid dienone is 2. The van der Waals surface area contributed by atoms with Crippen LogP contribution in [0.1, 0.15) is 32.6 Å². The van der Waals surface area contributed by atoms with Gasteiger partial charge in [-0.1, -0.05) is 38.5 Å². The molecule has 0 bridgehead atoms. The first-order valence-electron chi connectivity index (χ1n) is 5.66. The Hall–Kier alpha value is -1.05. The normalized spacial score (nSPS) is 39.9. The summed E-state index contributed by atoms with van der Waals surface area (Å²) in [6.07, 6.45) is 8.24. The van der Waals surface area contributed by atoms with E-state index in [2.05, 4.69) is 19.6 Å². The van der Waals surface area contributed by atoms with Crippen LogP contribution in [-0.2, 0) is 4.79 Å². The minimum Gasteiger partial charge on any atom is -0.481 e. The van der Waals surface area contributed by atoms with Crippen molar-refractivity contribution in [2.45, 2.75) is 32.6 Å². The second-order valence-corrected chi connectivity index (χ2v) is 4.98. The Morgan fingerprint density at radius 2 is 2.40 bits per heavy atom. The molecule has 0 aromatic rings. The van der Waals surface area contributed by atoms with Crippen molar-refractivity contribution in [1.82, 2.24) is 0 Å². The molecule has 15 heavy (non-hydrogen) atoms. The van der Waals surface area contributed by atoms with Crippen molar-refractivity contribution < 1.29 is 9.90 Å². The first-order chi connectivity index (χ1) is 7.08. The predicted octanol–water partition coefficient (Wildman–Crippen LogP) is 3.01. The van der Waals surface area contributed by atoms with Crippen LogP contribution in [-0.4, -0.2) is 11.1 Å². The van der Waals surface area contributed by atoms with Crippen molar-refractivity contribution in [3.8, 4) is 0 Å². The maximum Gasteiger partial charge on any atom is 0.311 e. The highest BCUT2D eigenvalue weighted by Gasteiger charge is 2.50. The molecule has 2 rings (SSSR count). The van der Waals surface area contributed by atoms with Crippen molar-refractivity contribution in [1.29, 1.82) is 0 Å². The quantitative estimate of drug-likeness (QED) is 0.716. The van der Waals surface area contributed by atoms with Crippen LogP contribution in [0.5, 0.6) is 0 Å². The van der Waals surface area contributed by atoms with E-state index in [9.17, 15) is 9.90 Å². The zero-order valence-corrected chi connectivity index (χ0v) is 9.20. The van der Waals surface area contributed by atoms with E-state index in [-0.39, 0.29) is 11.3 Å². The number of carbonyl (C=O) groups is 1. The van der Waals surface area contributed by atoms with E-state index in [1.54, 1.807) is 0 Å². The van der Waals surface area contributed by atoms with Gasteiger partial charge >= 0.3 is 5.97 Å². The van der Waals surface area contributed by atoms with Crippen LogP contribution in [0.15, 0.2) is 24.3 Å². The minimum atomic E-state index is -0.696. The number of aliphatic carboxylic acids is 1. The number of hydrogen-bond acceptors (Lipinski definition) is 1. The van der Waals surface area contributed by atoms with Crippen molar-refractivity contribution >= 4 is 5.97 Å². The maximum atomic E-state index is 11.4. The number of hydrogen-bond donors (Lipinski definition) is 1. The van der Waals surface area contributed by atoms with Gasteiger partial charge in [0.05, 0.1) is 5.92 Å². The maximum absolute atomic E-state index is 11.4. The molecule has 0 saturated heterocycles. The van der Waals surface area contributed by atoms with Crippen LogP contribution in [0.25, 0.3) is 0 Å². The lowest BCUT2D eigenvalue weighted by Gasteiger charge is -2.41. The molecule has 0 heterocycles. The third-order valence-electron chi connectivity index (χ3n) is 4.28. The van der Waals surface area contributed by atoms with E-state index < -0.39 is 5.97 Å². The summed E-state index contributed by atoms with van der Waals surface area (Å²) in [7, 11) is 0. The van der Waals surface area contributed by atoms with E-state index >= 15 is 0 Å². The standard InChI is InChI=1S/C13H18O2/c1-9-5-3-7-13(11(9)12(14)15)8-4-6-10(13)2/h3,5,10-11H,1,4,6-8H2,2H3,(H,14,15). The fourth-order valence-corrected chi connectivity index (χ4v) is 3.42. The lowest BCUT2D eigenvalue weighted by Crippen LogP contribution is -2.40. The van der Waals surface area contributed by atoms with Gasteiger partial charge in [-0.15, -0.1) is 0 Å². The lowest BCUT2D eigenvalue weighted by molar-refractivity contribution is -0.145. The molecule has 2 heteroatoms. The lowest BCUT2D eigenvalue weighted by atomic mass is 9.62. The number of carboxylic acids is 1. The summed E-state index contributed by atoms with van der Waals surface area (Å²) < 4.78 is 0. The second kappa shape index (κ2) is 3.51. The molecule has 3 atom stereocenters. The second-order valence-electron chi connectivity index (χ2n) is 4.98. The molecule has 0 aliphatic heterocycles. The van der Waals surface area contributed by atoms with E-state index in [4.69, 9.17) is 0 Å². The number of carboxylic acid groups (broad SMARTS) is 1. The molecule has 2 aliphatic carbocycles. The molecule has 3 unspecified atom stereocenters. The summed E-state index contributed by atoms with van der Waals surface area (Å²) in [5.41, 5.74) is 0.736. The Bertz CT molecular complexity index is 329. The van der Waals surface area contributed by atoms with Crippen LogP contribution in [0, 0.1) is 17.3 Å². The van der Waals surface area contributed by atoms with Crippen LogP contribution < -0.4 is 0 Å². The Balaban J connectivity index is 2.41. The molecule has 2 aliphatic rings. The van der Waals surface area contributed by atoms with Crippen LogP contribution in [0.4, 0.5) is 0 Å². The summed E-state index contributed by atoms with van der Waals surface area (Å²) in [6, 6.07) is 0. The predicted molar refractivity (Wildman–Crippen MR) is 59.5 cm³/mol. The smallest absolute Gasteiger partial charge is 0.311 e. The molecule has 82 valence electrons. The molecular formula is C13H18O2. The van der Waals surface area contributed by atoms with Gasteiger partial charge in [0.15, 0.2) is 0 Å². The van der Waals surface area contributed by atoms with Gasteiger partial charge in [0.1, 0.15) is 0 Å². The molecule has 0 aromatic heterocycles. The van der Waals surface area contributed by atoms with E-state index in [0.717, 1.165) is 31.3 Å². The average Bonchev–Trinajstić information content (AvgIpc) is 2.48. The zero-order valence-electron chi connectivity index (χ0n) is 9.20. The van der Waals surface area contributed by atoms with Crippen LogP contribution in [0.3, 0.4) is 0 Å². The third kappa shape index (κ3) is 1.43. The summed E-state index contributed by atoms with van der Waals surface area (Å²) in [5, 5.41) is 9.36. The van der Waals surface area contributed by atoms with E-state index in [0.29, 0.717) is 5.92 Å². The monoisotopic (exact) mass is 206 g/mol. The Labute approximate surface area is 90.7 Å². The van der Waals surface area contributed by atoms with Crippen LogP contribution >= 0.6 is 0 Å². The molecule has 1 N–H and O–H groups in total. The zero-order chi connectivity index (χ0) is 11.1. The molecule has 0 aromatic carbocycles. The molecule has 0 radical (unpaired) electrons. The van der Waals surface area contributed by atoms with Gasteiger partial charge in [-0.2, -0.15) is 0 Å². The first-order valence-corrected chi connectivity index (χ1v) is 5.66. The average molecular weight is 206 g/mol. The van der Waals surface area contributed by atoms with Crippen molar-refractivity contribution in [2.24, 2.45) is 17.3 Å². The van der Waals surface area contributed by atoms with E-state index in [1.165, 1.54) is 0 Å². The van der Waals surface area contributed by atoms with Gasteiger partial charge in [-0.05, 0) is 29.7 Å². The van der Waals surface area contributed by atoms with Crippen molar-refractivity contribution in [2.75, 3.05) is 0 Å². The summed E-state index contributed by atoms with van der Waals surface area (Å²) in [6.45, 7) is 6.09. The summed E-state index contributed by atoms with van der Waals surface area (Å²) in [4.78, 5) is 11.4. The topological polar surface area (TPSA) is 37.3 Å². The van der Waals surface area contributed by atoms with Gasteiger partial charge in [-0.3, -0.25) is 4.79 Å². The molecule has 2 nitrogen and oxygen atoms in total. The molecule has 1 fully saturated rings. The summed E-state index contributed by atoms with van der Waals surface area (Å²) >= 11 is 0. The Morgan fingerprint density at radius 1 is 1.67 bits per heavy atom. The van der Waals surface area contributed by atoms with Gasteiger partial charge in [0.25, 0.3) is 0 Å². The highest BCUT2D eigenvalue weighted by atomic mass is 16.4. The van der Waals surface area contributed by atoms with Gasteiger partial charge in [0, 0.05) is 0 Å². The molecule has 1 saturated carbocycles.